The Balaban J connectivity index is 1.40. The summed E-state index contributed by atoms with van der Waals surface area (Å²) >= 11 is 0. The van der Waals surface area contributed by atoms with Gasteiger partial charge < -0.3 is 9.80 Å². The van der Waals surface area contributed by atoms with Crippen LogP contribution in [0.4, 0.5) is 4.39 Å². The molecular weight excluding hydrogens is 439 g/mol. The third kappa shape index (κ3) is 6.81. The van der Waals surface area contributed by atoms with Crippen molar-refractivity contribution in [1.82, 2.24) is 9.80 Å². The van der Waals surface area contributed by atoms with Crippen molar-refractivity contribution >= 4 is 17.9 Å². The second-order valence-corrected chi connectivity index (χ2v) is 10.2. The van der Waals surface area contributed by atoms with Crippen molar-refractivity contribution in [1.29, 1.82) is 0 Å². The molecule has 5 heteroatoms. The molecule has 1 aliphatic carbocycles. The van der Waals surface area contributed by atoms with Crippen molar-refractivity contribution in [2.24, 2.45) is 11.8 Å². The van der Waals surface area contributed by atoms with Gasteiger partial charge >= 0.3 is 0 Å². The van der Waals surface area contributed by atoms with Gasteiger partial charge in [0.25, 0.3) is 5.91 Å². The average Bonchev–Trinajstić information content (AvgIpc) is 2.89. The Morgan fingerprint density at radius 2 is 1.60 bits per heavy atom. The molecule has 2 aromatic carbocycles. The van der Waals surface area contributed by atoms with E-state index in [9.17, 15) is 14.0 Å². The van der Waals surface area contributed by atoms with E-state index in [0.717, 1.165) is 50.6 Å². The molecule has 1 aliphatic heterocycles. The van der Waals surface area contributed by atoms with E-state index in [4.69, 9.17) is 0 Å². The summed E-state index contributed by atoms with van der Waals surface area (Å²) in [6.45, 7) is 4.66. The zero-order chi connectivity index (χ0) is 24.6. The number of likely N-dealkylation sites (tertiary alicyclic amines) is 1. The van der Waals surface area contributed by atoms with E-state index < -0.39 is 5.82 Å². The molecular formula is C30H37FN2O2. The second kappa shape index (κ2) is 12.1. The monoisotopic (exact) mass is 476 g/mol. The van der Waals surface area contributed by atoms with Crippen molar-refractivity contribution in [3.63, 3.8) is 0 Å². The number of benzene rings is 2. The number of hydrogen-bond donors (Lipinski definition) is 0. The quantitative estimate of drug-likeness (QED) is 0.478. The fraction of sp³-hybridized carbons (Fsp3) is 0.467. The molecule has 186 valence electrons. The Bertz CT molecular complexity index is 1020. The van der Waals surface area contributed by atoms with E-state index in [1.807, 2.05) is 18.2 Å². The van der Waals surface area contributed by atoms with Crippen LogP contribution in [0.5, 0.6) is 0 Å². The summed E-state index contributed by atoms with van der Waals surface area (Å²) in [7, 11) is 0. The third-order valence-electron chi connectivity index (χ3n) is 7.40. The number of nitrogens with zero attached hydrogens (tertiary/aromatic N) is 2. The van der Waals surface area contributed by atoms with Crippen LogP contribution in [-0.2, 0) is 4.79 Å². The summed E-state index contributed by atoms with van der Waals surface area (Å²) in [5, 5.41) is 0. The molecule has 2 fully saturated rings. The van der Waals surface area contributed by atoms with Gasteiger partial charge in [-0.1, -0.05) is 73.4 Å². The molecule has 4 rings (SSSR count). The van der Waals surface area contributed by atoms with Gasteiger partial charge in [-0.25, -0.2) is 4.39 Å². The van der Waals surface area contributed by atoms with E-state index in [1.165, 1.54) is 18.1 Å². The standard InChI is InChI=1S/C30H37FN2O2/c1-23(20-24-10-4-2-5-11-24)21-33(29(34)26-12-6-3-7-13-26)22-25-16-18-32(19-17-25)30(35)27-14-8-9-15-28(27)31/h2,4-5,8-11,14-15,20,25-26H,3,6-7,12-13,16-19,21-22H2,1H3. The minimum Gasteiger partial charge on any atom is -0.339 e. The third-order valence-corrected chi connectivity index (χ3v) is 7.40. The molecule has 0 bridgehead atoms. The largest absolute Gasteiger partial charge is 0.339 e. The van der Waals surface area contributed by atoms with Gasteiger partial charge in [-0.3, -0.25) is 9.59 Å². The predicted molar refractivity (Wildman–Crippen MR) is 138 cm³/mol. The maximum Gasteiger partial charge on any atom is 0.256 e. The minimum atomic E-state index is -0.468. The summed E-state index contributed by atoms with van der Waals surface area (Å²) in [5.74, 6) is 0.0611. The van der Waals surface area contributed by atoms with Gasteiger partial charge in [-0.05, 0) is 56.2 Å². The average molecular weight is 477 g/mol. The Labute approximate surface area is 208 Å². The molecule has 1 heterocycles. The number of rotatable bonds is 7. The van der Waals surface area contributed by atoms with Crippen LogP contribution >= 0.6 is 0 Å². The van der Waals surface area contributed by atoms with Crippen LogP contribution in [0.3, 0.4) is 0 Å². The van der Waals surface area contributed by atoms with Gasteiger partial charge in [0.05, 0.1) is 5.56 Å². The molecule has 2 aromatic rings. The van der Waals surface area contributed by atoms with Gasteiger partial charge in [0.2, 0.25) is 5.91 Å². The molecule has 0 N–H and O–H groups in total. The highest BCUT2D eigenvalue weighted by molar-refractivity contribution is 5.94. The topological polar surface area (TPSA) is 40.6 Å². The van der Waals surface area contributed by atoms with Crippen molar-refractivity contribution < 1.29 is 14.0 Å². The zero-order valence-corrected chi connectivity index (χ0v) is 20.8. The lowest BCUT2D eigenvalue weighted by Gasteiger charge is -2.36. The van der Waals surface area contributed by atoms with Crippen LogP contribution in [0, 0.1) is 17.7 Å². The molecule has 0 aromatic heterocycles. The summed E-state index contributed by atoms with van der Waals surface area (Å²) in [6.07, 6.45) is 9.31. The van der Waals surface area contributed by atoms with Crippen LogP contribution in [0.15, 0.2) is 60.2 Å². The van der Waals surface area contributed by atoms with Crippen LogP contribution < -0.4 is 0 Å². The fourth-order valence-corrected chi connectivity index (χ4v) is 5.46. The van der Waals surface area contributed by atoms with Crippen LogP contribution in [0.1, 0.15) is 67.8 Å². The minimum absolute atomic E-state index is 0.135. The summed E-state index contributed by atoms with van der Waals surface area (Å²) in [5.41, 5.74) is 2.46. The first-order chi connectivity index (χ1) is 17.0. The van der Waals surface area contributed by atoms with Crippen molar-refractivity contribution in [3.8, 4) is 0 Å². The van der Waals surface area contributed by atoms with Crippen LogP contribution in [-0.4, -0.2) is 47.8 Å². The first-order valence-electron chi connectivity index (χ1n) is 13.1. The summed E-state index contributed by atoms with van der Waals surface area (Å²) in [6, 6.07) is 16.4. The molecule has 35 heavy (non-hydrogen) atoms. The normalized spacial score (nSPS) is 17.9. The van der Waals surface area contributed by atoms with E-state index in [-0.39, 0.29) is 23.3 Å². The number of amides is 2. The maximum atomic E-state index is 14.1. The molecule has 1 saturated carbocycles. The van der Waals surface area contributed by atoms with E-state index in [0.29, 0.717) is 25.6 Å². The molecule has 1 saturated heterocycles. The Morgan fingerprint density at radius 1 is 0.943 bits per heavy atom. The number of carbonyl (C=O) groups excluding carboxylic acids is 2. The highest BCUT2D eigenvalue weighted by atomic mass is 19.1. The van der Waals surface area contributed by atoms with Crippen molar-refractivity contribution in [2.45, 2.75) is 51.9 Å². The van der Waals surface area contributed by atoms with Gasteiger partial charge in [0.15, 0.2) is 0 Å². The zero-order valence-electron chi connectivity index (χ0n) is 20.8. The predicted octanol–water partition coefficient (Wildman–Crippen LogP) is 6.19. The number of piperidine rings is 1. The molecule has 2 amide bonds. The number of hydrogen-bond acceptors (Lipinski definition) is 2. The molecule has 0 radical (unpaired) electrons. The maximum absolute atomic E-state index is 14.1. The van der Waals surface area contributed by atoms with Gasteiger partial charge in [-0.2, -0.15) is 0 Å². The highest BCUT2D eigenvalue weighted by Crippen LogP contribution is 2.28. The number of carbonyl (C=O) groups is 2. The lowest BCUT2D eigenvalue weighted by atomic mass is 9.87. The van der Waals surface area contributed by atoms with Crippen LogP contribution in [0.2, 0.25) is 0 Å². The van der Waals surface area contributed by atoms with Crippen molar-refractivity contribution in [2.75, 3.05) is 26.2 Å². The molecule has 0 atom stereocenters. The SMILES string of the molecule is CC(=Cc1ccccc1)CN(CC1CCN(C(=O)c2ccccc2F)CC1)C(=O)C1CCCCC1. The van der Waals surface area contributed by atoms with Crippen molar-refractivity contribution in [3.05, 3.63) is 77.1 Å². The second-order valence-electron chi connectivity index (χ2n) is 10.2. The van der Waals surface area contributed by atoms with Crippen LogP contribution in [0.25, 0.3) is 6.08 Å². The van der Waals surface area contributed by atoms with Gasteiger partial charge in [0.1, 0.15) is 5.82 Å². The molecule has 0 spiro atoms. The fourth-order valence-electron chi connectivity index (χ4n) is 5.46. The summed E-state index contributed by atoms with van der Waals surface area (Å²) in [4.78, 5) is 30.2. The summed E-state index contributed by atoms with van der Waals surface area (Å²) < 4.78 is 14.1. The van der Waals surface area contributed by atoms with E-state index in [2.05, 4.69) is 30.0 Å². The lowest BCUT2D eigenvalue weighted by Crippen LogP contribution is -2.45. The smallest absolute Gasteiger partial charge is 0.256 e. The molecule has 0 unspecified atom stereocenters. The van der Waals surface area contributed by atoms with E-state index >= 15 is 0 Å². The van der Waals surface area contributed by atoms with Gasteiger partial charge in [-0.15, -0.1) is 0 Å². The molecule has 2 aliphatic rings. The lowest BCUT2D eigenvalue weighted by molar-refractivity contribution is -0.137. The Kier molecular flexibility index (Phi) is 8.73. The Morgan fingerprint density at radius 3 is 2.29 bits per heavy atom. The molecule has 4 nitrogen and oxygen atoms in total. The first kappa shape index (κ1) is 25.2. The Hall–Kier alpha value is -2.95. The number of halogens is 1. The highest BCUT2D eigenvalue weighted by Gasteiger charge is 2.30. The van der Waals surface area contributed by atoms with E-state index in [1.54, 1.807) is 23.1 Å². The van der Waals surface area contributed by atoms with Gasteiger partial charge in [0, 0.05) is 32.1 Å². The first-order valence-corrected chi connectivity index (χ1v) is 13.1.